The zero-order valence-electron chi connectivity index (χ0n) is 9.36. The highest BCUT2D eigenvalue weighted by Crippen LogP contribution is 2.28. The largest absolute Gasteiger partial charge is 0.319 e. The molecule has 84 valence electrons. The lowest BCUT2D eigenvalue weighted by atomic mass is 10.1. The Morgan fingerprint density at radius 2 is 1.81 bits per heavy atom. The lowest BCUT2D eigenvalue weighted by Crippen LogP contribution is -2.36. The molecule has 0 aromatic heterocycles. The average molecular weight is 218 g/mol. The highest BCUT2D eigenvalue weighted by molar-refractivity contribution is 6.23. The molecule has 2 rings (SSSR count). The molecule has 16 heavy (non-hydrogen) atoms. The summed E-state index contributed by atoms with van der Waals surface area (Å²) in [7, 11) is 0. The monoisotopic (exact) mass is 218 g/mol. The molecule has 1 atom stereocenters. The number of amides is 2. The zero-order valence-corrected chi connectivity index (χ0v) is 9.36. The fourth-order valence-electron chi connectivity index (χ4n) is 2.05. The van der Waals surface area contributed by atoms with Crippen LogP contribution in [0, 0.1) is 13.8 Å². The fraction of sp³-hybridized carbons (Fsp3) is 0.333. The normalized spacial score (nSPS) is 20.7. The molecule has 0 aliphatic carbocycles. The van der Waals surface area contributed by atoms with E-state index in [9.17, 15) is 9.59 Å². The van der Waals surface area contributed by atoms with E-state index in [1.165, 1.54) is 4.90 Å². The van der Waals surface area contributed by atoms with Crippen molar-refractivity contribution >= 4 is 17.5 Å². The summed E-state index contributed by atoms with van der Waals surface area (Å²) in [6.45, 7) is 3.76. The number of carbonyl (C=O) groups excluding carboxylic acids is 2. The van der Waals surface area contributed by atoms with E-state index in [2.05, 4.69) is 0 Å². The molecule has 1 fully saturated rings. The fourth-order valence-corrected chi connectivity index (χ4v) is 2.05. The Morgan fingerprint density at radius 1 is 1.25 bits per heavy atom. The molecule has 1 unspecified atom stereocenters. The van der Waals surface area contributed by atoms with Crippen LogP contribution in [-0.2, 0) is 9.59 Å². The topological polar surface area (TPSA) is 63.4 Å². The van der Waals surface area contributed by atoms with Crippen LogP contribution in [0.1, 0.15) is 17.5 Å². The average Bonchev–Trinajstić information content (AvgIpc) is 2.44. The predicted octanol–water partition coefficient (Wildman–Crippen LogP) is 0.894. The summed E-state index contributed by atoms with van der Waals surface area (Å²) in [6, 6.07) is 4.98. The molecule has 0 saturated carbocycles. The van der Waals surface area contributed by atoms with Crippen molar-refractivity contribution in [2.45, 2.75) is 26.3 Å². The van der Waals surface area contributed by atoms with Gasteiger partial charge < -0.3 is 5.73 Å². The molecule has 1 aliphatic heterocycles. The summed E-state index contributed by atoms with van der Waals surface area (Å²) in [4.78, 5) is 24.7. The second kappa shape index (κ2) is 3.72. The number of nitrogens with zero attached hydrogens (tertiary/aromatic N) is 1. The third-order valence-electron chi connectivity index (χ3n) is 2.84. The second-order valence-corrected chi connectivity index (χ2v) is 4.12. The van der Waals surface area contributed by atoms with Gasteiger partial charge in [-0.2, -0.15) is 0 Å². The van der Waals surface area contributed by atoms with Gasteiger partial charge in [0.2, 0.25) is 5.91 Å². The third-order valence-corrected chi connectivity index (χ3v) is 2.84. The molecule has 1 aromatic carbocycles. The number of rotatable bonds is 1. The number of nitrogens with two attached hydrogens (primary N) is 1. The van der Waals surface area contributed by atoms with Crippen LogP contribution in [0.4, 0.5) is 5.69 Å². The van der Waals surface area contributed by atoms with E-state index in [1.807, 2.05) is 32.0 Å². The lowest BCUT2D eigenvalue weighted by Gasteiger charge is -2.19. The quantitative estimate of drug-likeness (QED) is 0.712. The Balaban J connectivity index is 2.53. The summed E-state index contributed by atoms with van der Waals surface area (Å²) >= 11 is 0. The molecule has 1 heterocycles. The van der Waals surface area contributed by atoms with Crippen LogP contribution in [0.2, 0.25) is 0 Å². The van der Waals surface area contributed by atoms with Gasteiger partial charge in [0.25, 0.3) is 5.91 Å². The maximum Gasteiger partial charge on any atom is 0.251 e. The van der Waals surface area contributed by atoms with Crippen molar-refractivity contribution in [3.8, 4) is 0 Å². The van der Waals surface area contributed by atoms with Crippen molar-refractivity contribution in [3.63, 3.8) is 0 Å². The van der Waals surface area contributed by atoms with E-state index in [4.69, 9.17) is 5.73 Å². The summed E-state index contributed by atoms with van der Waals surface area (Å²) in [5.74, 6) is -0.516. The number of anilines is 1. The van der Waals surface area contributed by atoms with E-state index in [1.54, 1.807) is 0 Å². The van der Waals surface area contributed by atoms with E-state index >= 15 is 0 Å². The first-order valence-electron chi connectivity index (χ1n) is 5.21. The molecule has 1 aliphatic rings. The highest BCUT2D eigenvalue weighted by Gasteiger charge is 2.38. The van der Waals surface area contributed by atoms with E-state index in [0.29, 0.717) is 5.69 Å². The van der Waals surface area contributed by atoms with Crippen molar-refractivity contribution in [1.82, 2.24) is 0 Å². The van der Waals surface area contributed by atoms with Gasteiger partial charge in [0.05, 0.1) is 18.2 Å². The number of imide groups is 1. The molecule has 0 radical (unpaired) electrons. The number of hydrogen-bond acceptors (Lipinski definition) is 3. The van der Waals surface area contributed by atoms with Crippen molar-refractivity contribution in [1.29, 1.82) is 0 Å². The number of aryl methyl sites for hydroxylation is 2. The van der Waals surface area contributed by atoms with E-state index in [0.717, 1.165) is 11.1 Å². The minimum Gasteiger partial charge on any atom is -0.319 e. The highest BCUT2D eigenvalue weighted by atomic mass is 16.2. The number of benzene rings is 1. The Bertz CT molecular complexity index is 448. The number of carbonyl (C=O) groups is 2. The van der Waals surface area contributed by atoms with Crippen LogP contribution >= 0.6 is 0 Å². The predicted molar refractivity (Wildman–Crippen MR) is 61.0 cm³/mol. The third kappa shape index (κ3) is 1.51. The molecule has 1 saturated heterocycles. The molecule has 2 amide bonds. The minimum absolute atomic E-state index is 0.104. The Hall–Kier alpha value is -1.68. The molecular formula is C12H14N2O2. The van der Waals surface area contributed by atoms with Gasteiger partial charge in [0, 0.05) is 0 Å². The Morgan fingerprint density at radius 3 is 2.25 bits per heavy atom. The van der Waals surface area contributed by atoms with E-state index < -0.39 is 6.04 Å². The summed E-state index contributed by atoms with van der Waals surface area (Å²) in [6.07, 6.45) is 0.104. The van der Waals surface area contributed by atoms with Crippen LogP contribution < -0.4 is 10.6 Å². The Labute approximate surface area is 94.0 Å². The van der Waals surface area contributed by atoms with Gasteiger partial charge >= 0.3 is 0 Å². The van der Waals surface area contributed by atoms with Gasteiger partial charge in [0.1, 0.15) is 0 Å². The second-order valence-electron chi connectivity index (χ2n) is 4.12. The number of hydrogen-bond donors (Lipinski definition) is 1. The molecule has 2 N–H and O–H groups in total. The zero-order chi connectivity index (χ0) is 11.9. The first-order valence-corrected chi connectivity index (χ1v) is 5.21. The van der Waals surface area contributed by atoms with Gasteiger partial charge in [-0.1, -0.05) is 18.2 Å². The van der Waals surface area contributed by atoms with Crippen molar-refractivity contribution < 1.29 is 9.59 Å². The summed E-state index contributed by atoms with van der Waals surface area (Å²) < 4.78 is 0. The van der Waals surface area contributed by atoms with E-state index in [-0.39, 0.29) is 18.2 Å². The van der Waals surface area contributed by atoms with Crippen LogP contribution in [0.25, 0.3) is 0 Å². The van der Waals surface area contributed by atoms with Gasteiger partial charge in [-0.05, 0) is 25.0 Å². The minimum atomic E-state index is -0.688. The van der Waals surface area contributed by atoms with Crippen molar-refractivity contribution in [2.75, 3.05) is 4.90 Å². The number of para-hydroxylation sites is 1. The SMILES string of the molecule is Cc1cccc(C)c1N1C(=O)CC(N)C1=O. The molecule has 4 nitrogen and oxygen atoms in total. The Kier molecular flexibility index (Phi) is 2.52. The van der Waals surface area contributed by atoms with Gasteiger partial charge in [-0.3, -0.25) is 9.59 Å². The summed E-state index contributed by atoms with van der Waals surface area (Å²) in [5.41, 5.74) is 8.10. The summed E-state index contributed by atoms with van der Waals surface area (Å²) in [5, 5.41) is 0. The van der Waals surface area contributed by atoms with Gasteiger partial charge in [0.15, 0.2) is 0 Å². The van der Waals surface area contributed by atoms with Crippen molar-refractivity contribution in [3.05, 3.63) is 29.3 Å². The standard InChI is InChI=1S/C12H14N2O2/c1-7-4-3-5-8(2)11(7)14-10(15)6-9(13)12(14)16/h3-5,9H,6,13H2,1-2H3. The van der Waals surface area contributed by atoms with Gasteiger partial charge in [-0.25, -0.2) is 4.90 Å². The van der Waals surface area contributed by atoms with Crippen LogP contribution in [0.3, 0.4) is 0 Å². The maximum absolute atomic E-state index is 11.8. The maximum atomic E-state index is 11.8. The van der Waals surface area contributed by atoms with Crippen molar-refractivity contribution in [2.24, 2.45) is 5.73 Å². The molecule has 4 heteroatoms. The van der Waals surface area contributed by atoms with Crippen LogP contribution in [-0.4, -0.2) is 17.9 Å². The smallest absolute Gasteiger partial charge is 0.251 e. The molecule has 0 spiro atoms. The first kappa shape index (κ1) is 10.8. The molecular weight excluding hydrogens is 204 g/mol. The molecule has 0 bridgehead atoms. The van der Waals surface area contributed by atoms with Crippen LogP contribution in [0.5, 0.6) is 0 Å². The van der Waals surface area contributed by atoms with Crippen LogP contribution in [0.15, 0.2) is 18.2 Å². The lowest BCUT2D eigenvalue weighted by molar-refractivity contribution is -0.121. The molecule has 1 aromatic rings. The first-order chi connectivity index (χ1) is 7.52. The van der Waals surface area contributed by atoms with Gasteiger partial charge in [-0.15, -0.1) is 0 Å².